The molecule has 0 aliphatic carbocycles. The van der Waals surface area contributed by atoms with Crippen molar-refractivity contribution in [2.24, 2.45) is 0 Å². The number of aromatic nitrogens is 3. The average Bonchev–Trinajstić information content (AvgIpc) is 3.07. The van der Waals surface area contributed by atoms with E-state index in [9.17, 15) is 32.1 Å². The molecule has 1 atom stereocenters. The van der Waals surface area contributed by atoms with Gasteiger partial charge in [0.15, 0.2) is 0 Å². The lowest BCUT2D eigenvalue weighted by molar-refractivity contribution is -0.128. The van der Waals surface area contributed by atoms with Crippen LogP contribution < -0.4 is 21.3 Å². The first-order valence-corrected chi connectivity index (χ1v) is 19.4. The van der Waals surface area contributed by atoms with Crippen LogP contribution in [-0.2, 0) is 29.3 Å². The summed E-state index contributed by atoms with van der Waals surface area (Å²) in [6, 6.07) is 13.1. The van der Waals surface area contributed by atoms with Crippen LogP contribution >= 0.6 is 21.6 Å². The Bertz CT molecular complexity index is 1860. The molecule has 0 bridgehead atoms. The zero-order valence-electron chi connectivity index (χ0n) is 26.5. The highest BCUT2D eigenvalue weighted by molar-refractivity contribution is 8.76. The first-order chi connectivity index (χ1) is 23.6. The molecule has 0 saturated heterocycles. The number of hydrogen-bond acceptors (Lipinski definition) is 11. The molecule has 3 aromatic heterocycles. The normalized spacial score (nSPS) is 11.9. The van der Waals surface area contributed by atoms with Crippen LogP contribution in [0.25, 0.3) is 21.8 Å². The van der Waals surface area contributed by atoms with E-state index in [1.54, 1.807) is 47.6 Å². The highest BCUT2D eigenvalue weighted by atomic mass is 33.1. The summed E-state index contributed by atoms with van der Waals surface area (Å²) in [6.45, 7) is 0.634. The number of hydrogen-bond donors (Lipinski definition) is 5. The summed E-state index contributed by atoms with van der Waals surface area (Å²) in [7, 11) is -1.49. The SMILES string of the molecule is O=C(CCCCNC(=O)C(CS(=O)(=O)O)NC(=O)CCCC(=O)Nc1cc2cccnc2c2ncccc12)NCCSSc1ccccn1. The van der Waals surface area contributed by atoms with E-state index in [0.29, 0.717) is 47.2 Å². The largest absolute Gasteiger partial charge is 0.355 e. The summed E-state index contributed by atoms with van der Waals surface area (Å²) in [5.74, 6) is -2.23. The number of nitrogens with zero attached hydrogens (tertiary/aromatic N) is 3. The van der Waals surface area contributed by atoms with Crippen molar-refractivity contribution >= 4 is 82.8 Å². The molecule has 3 heterocycles. The smallest absolute Gasteiger partial charge is 0.267 e. The quantitative estimate of drug-likeness (QED) is 0.0407. The molecule has 0 fully saturated rings. The van der Waals surface area contributed by atoms with E-state index < -0.39 is 33.7 Å². The van der Waals surface area contributed by atoms with Crippen molar-refractivity contribution < 1.29 is 32.1 Å². The van der Waals surface area contributed by atoms with Crippen molar-refractivity contribution in [3.05, 3.63) is 67.1 Å². The first-order valence-electron chi connectivity index (χ1n) is 15.5. The Morgan fingerprint density at radius 1 is 0.776 bits per heavy atom. The fourth-order valence-electron chi connectivity index (χ4n) is 4.73. The van der Waals surface area contributed by atoms with Gasteiger partial charge in [-0.2, -0.15) is 8.42 Å². The minimum absolute atomic E-state index is 0.0219. The van der Waals surface area contributed by atoms with Gasteiger partial charge in [0.25, 0.3) is 10.1 Å². The van der Waals surface area contributed by atoms with Crippen molar-refractivity contribution in [3.8, 4) is 0 Å². The number of benzene rings is 1. The van der Waals surface area contributed by atoms with E-state index >= 15 is 0 Å². The van der Waals surface area contributed by atoms with E-state index in [0.717, 1.165) is 10.4 Å². The molecule has 1 unspecified atom stereocenters. The Kier molecular flexibility index (Phi) is 14.6. The van der Waals surface area contributed by atoms with E-state index in [4.69, 9.17) is 0 Å². The van der Waals surface area contributed by atoms with Gasteiger partial charge in [-0.3, -0.25) is 33.7 Å². The molecule has 0 radical (unpaired) electrons. The highest BCUT2D eigenvalue weighted by Gasteiger charge is 2.26. The van der Waals surface area contributed by atoms with Gasteiger partial charge in [-0.25, -0.2) is 4.98 Å². The van der Waals surface area contributed by atoms with Gasteiger partial charge >= 0.3 is 0 Å². The van der Waals surface area contributed by atoms with Gasteiger partial charge in [0.1, 0.15) is 16.8 Å². The van der Waals surface area contributed by atoms with Gasteiger partial charge in [0.2, 0.25) is 23.6 Å². The summed E-state index contributed by atoms with van der Waals surface area (Å²) >= 11 is 0. The minimum Gasteiger partial charge on any atom is -0.355 e. The van der Waals surface area contributed by atoms with Crippen molar-refractivity contribution in [2.75, 3.05) is 29.9 Å². The third kappa shape index (κ3) is 12.9. The van der Waals surface area contributed by atoms with Crippen LogP contribution in [-0.4, -0.2) is 82.2 Å². The summed E-state index contributed by atoms with van der Waals surface area (Å²) in [5.41, 5.74) is 1.90. The maximum Gasteiger partial charge on any atom is 0.267 e. The lowest BCUT2D eigenvalue weighted by Gasteiger charge is -2.17. The predicted octanol–water partition coefficient (Wildman–Crippen LogP) is 3.50. The van der Waals surface area contributed by atoms with Gasteiger partial charge in [-0.05, 0) is 66.5 Å². The Morgan fingerprint density at radius 2 is 1.51 bits per heavy atom. The predicted molar refractivity (Wildman–Crippen MR) is 190 cm³/mol. The second kappa shape index (κ2) is 19.0. The second-order valence-corrected chi connectivity index (χ2v) is 14.8. The standard InChI is InChI=1S/C32H37N7O7S3/c40-26(33-18-19-47-48-29-13-2-4-14-34-29)10-1-3-15-37-32(43)25(21-49(44,45)46)39-28(42)12-5-11-27(41)38-24-20-22-8-6-16-35-30(22)31-23(24)9-7-17-36-31/h2,4,6-9,13-14,16-17,20,25H,1,3,5,10-12,15,18-19,21H2,(H,33,40)(H,37,43)(H,38,41)(H,39,42)(H,44,45,46). The summed E-state index contributed by atoms with van der Waals surface area (Å²) in [4.78, 5) is 63.1. The van der Waals surface area contributed by atoms with E-state index in [1.165, 1.54) is 10.8 Å². The van der Waals surface area contributed by atoms with E-state index in [1.807, 2.05) is 30.3 Å². The Balaban J connectivity index is 1.15. The van der Waals surface area contributed by atoms with Crippen molar-refractivity contribution in [1.29, 1.82) is 0 Å². The molecule has 4 amide bonds. The number of fused-ring (bicyclic) bond motifs is 3. The number of amides is 4. The number of unbranched alkanes of at least 4 members (excludes halogenated alkanes) is 1. The summed E-state index contributed by atoms with van der Waals surface area (Å²) < 4.78 is 32.4. The molecule has 5 N–H and O–H groups in total. The number of pyridine rings is 3. The average molecular weight is 728 g/mol. The van der Waals surface area contributed by atoms with Crippen LogP contribution in [0.3, 0.4) is 0 Å². The number of carbonyl (C=O) groups is 4. The molecule has 0 aliphatic rings. The Labute approximate surface area is 291 Å². The minimum atomic E-state index is -4.60. The van der Waals surface area contributed by atoms with Crippen LogP contribution in [0.15, 0.2) is 72.1 Å². The van der Waals surface area contributed by atoms with E-state index in [-0.39, 0.29) is 44.0 Å². The van der Waals surface area contributed by atoms with Crippen LogP contribution in [0.5, 0.6) is 0 Å². The topological polar surface area (TPSA) is 209 Å². The number of anilines is 1. The van der Waals surface area contributed by atoms with Crippen molar-refractivity contribution in [2.45, 2.75) is 49.6 Å². The van der Waals surface area contributed by atoms with Gasteiger partial charge in [-0.1, -0.05) is 22.9 Å². The molecule has 0 spiro atoms. The third-order valence-corrected chi connectivity index (χ3v) is 10.0. The molecular formula is C32H37N7O7S3. The zero-order valence-corrected chi connectivity index (χ0v) is 28.9. The fourth-order valence-corrected chi connectivity index (χ4v) is 7.17. The van der Waals surface area contributed by atoms with Crippen LogP contribution in [0.2, 0.25) is 0 Å². The molecule has 17 heteroatoms. The summed E-state index contributed by atoms with van der Waals surface area (Å²) in [6.07, 6.45) is 6.12. The number of rotatable bonds is 19. The monoisotopic (exact) mass is 727 g/mol. The molecule has 260 valence electrons. The maximum atomic E-state index is 12.7. The van der Waals surface area contributed by atoms with E-state index in [2.05, 4.69) is 36.2 Å². The Hall–Kier alpha value is -4.32. The molecule has 0 aliphatic heterocycles. The lowest BCUT2D eigenvalue weighted by atomic mass is 10.1. The molecule has 4 aromatic rings. The van der Waals surface area contributed by atoms with Crippen LogP contribution in [0, 0.1) is 0 Å². The van der Waals surface area contributed by atoms with Crippen LogP contribution in [0.4, 0.5) is 5.69 Å². The third-order valence-electron chi connectivity index (χ3n) is 6.99. The maximum absolute atomic E-state index is 12.7. The molecule has 4 rings (SSSR count). The van der Waals surface area contributed by atoms with Crippen molar-refractivity contribution in [3.63, 3.8) is 0 Å². The van der Waals surface area contributed by atoms with Gasteiger partial charge < -0.3 is 21.3 Å². The molecular weight excluding hydrogens is 691 g/mol. The van der Waals surface area contributed by atoms with Gasteiger partial charge in [-0.15, -0.1) is 0 Å². The second-order valence-electron chi connectivity index (χ2n) is 10.8. The molecule has 1 aromatic carbocycles. The number of nitrogens with one attached hydrogen (secondary N) is 4. The number of carbonyl (C=O) groups excluding carboxylic acids is 4. The van der Waals surface area contributed by atoms with Crippen molar-refractivity contribution in [1.82, 2.24) is 30.9 Å². The summed E-state index contributed by atoms with van der Waals surface area (Å²) in [5, 5.41) is 13.0. The van der Waals surface area contributed by atoms with Gasteiger partial charge in [0.05, 0.1) is 16.7 Å². The molecule has 49 heavy (non-hydrogen) atoms. The van der Waals surface area contributed by atoms with Gasteiger partial charge in [0, 0.05) is 67.5 Å². The fraction of sp³-hybridized carbons (Fsp3) is 0.344. The molecule has 0 saturated carbocycles. The Morgan fingerprint density at radius 3 is 2.29 bits per heavy atom. The molecule has 14 nitrogen and oxygen atoms in total. The lowest BCUT2D eigenvalue weighted by Crippen LogP contribution is -2.50. The van der Waals surface area contributed by atoms with Crippen LogP contribution in [0.1, 0.15) is 38.5 Å². The zero-order chi connectivity index (χ0) is 35.1. The first kappa shape index (κ1) is 37.5. The highest BCUT2D eigenvalue weighted by Crippen LogP contribution is 2.30.